The van der Waals surface area contributed by atoms with Gasteiger partial charge in [-0.05, 0) is 79.0 Å². The second-order valence-electron chi connectivity index (χ2n) is 10.8. The van der Waals surface area contributed by atoms with Crippen LogP contribution in [0.3, 0.4) is 0 Å². The maximum absolute atomic E-state index is 14.6. The van der Waals surface area contributed by atoms with E-state index in [0.29, 0.717) is 39.4 Å². The van der Waals surface area contributed by atoms with Crippen molar-refractivity contribution in [1.82, 2.24) is 44.7 Å². The second kappa shape index (κ2) is 10.9. The number of likely N-dealkylation sites (tertiary alicyclic amines) is 1. The fourth-order valence-corrected chi connectivity index (χ4v) is 5.98. The molecule has 0 radical (unpaired) electrons. The van der Waals surface area contributed by atoms with Gasteiger partial charge < -0.3 is 4.98 Å². The number of sulfonamides is 1. The highest BCUT2D eigenvalue weighted by molar-refractivity contribution is 7.88. The zero-order valence-electron chi connectivity index (χ0n) is 23.3. The Morgan fingerprint density at radius 2 is 1.84 bits per heavy atom. The molecule has 0 bridgehead atoms. The summed E-state index contributed by atoms with van der Waals surface area (Å²) >= 11 is 0. The van der Waals surface area contributed by atoms with E-state index in [0.717, 1.165) is 53.6 Å². The van der Waals surface area contributed by atoms with Gasteiger partial charge in [0.15, 0.2) is 11.5 Å². The molecule has 1 aliphatic rings. The van der Waals surface area contributed by atoms with Gasteiger partial charge in [-0.15, -0.1) is 0 Å². The van der Waals surface area contributed by atoms with Crippen molar-refractivity contribution in [3.63, 3.8) is 0 Å². The van der Waals surface area contributed by atoms with Gasteiger partial charge in [-0.1, -0.05) is 0 Å². The lowest BCUT2D eigenvalue weighted by Gasteiger charge is -2.14. The van der Waals surface area contributed by atoms with E-state index in [1.165, 1.54) is 25.0 Å². The van der Waals surface area contributed by atoms with Gasteiger partial charge in [0.2, 0.25) is 10.0 Å². The summed E-state index contributed by atoms with van der Waals surface area (Å²) in [5.41, 5.74) is 6.93. The summed E-state index contributed by atoms with van der Waals surface area (Å²) in [5.74, 6) is 0.00969. The number of rotatable bonds is 8. The molecule has 1 saturated heterocycles. The van der Waals surface area contributed by atoms with Gasteiger partial charge in [0.05, 0.1) is 23.7 Å². The highest BCUT2D eigenvalue weighted by Gasteiger charge is 2.18. The highest BCUT2D eigenvalue weighted by atomic mass is 32.2. The summed E-state index contributed by atoms with van der Waals surface area (Å²) in [6, 6.07) is 10.3. The number of fused-ring (bicyclic) bond motifs is 2. The van der Waals surface area contributed by atoms with E-state index < -0.39 is 15.8 Å². The number of nitrogens with zero attached hydrogens (tertiary/aromatic N) is 6. The second-order valence-corrected chi connectivity index (χ2v) is 12.7. The van der Waals surface area contributed by atoms with Gasteiger partial charge in [-0.3, -0.25) is 20.0 Å². The summed E-state index contributed by atoms with van der Waals surface area (Å²) in [5, 5.41) is 8.39. The normalized spacial score (nSPS) is 14.3. The van der Waals surface area contributed by atoms with Gasteiger partial charge in [-0.25, -0.2) is 27.5 Å². The third-order valence-electron chi connectivity index (χ3n) is 7.56. The molecule has 43 heavy (non-hydrogen) atoms. The Morgan fingerprint density at radius 3 is 2.67 bits per heavy atom. The van der Waals surface area contributed by atoms with Gasteiger partial charge in [0, 0.05) is 48.2 Å². The number of aromatic amines is 2. The van der Waals surface area contributed by atoms with Crippen LogP contribution >= 0.6 is 0 Å². The van der Waals surface area contributed by atoms with Gasteiger partial charge in [-0.2, -0.15) is 5.10 Å². The summed E-state index contributed by atoms with van der Waals surface area (Å²) < 4.78 is 40.1. The molecule has 0 atom stereocenters. The van der Waals surface area contributed by atoms with E-state index in [-0.39, 0.29) is 6.54 Å². The first-order valence-electron chi connectivity index (χ1n) is 13.9. The van der Waals surface area contributed by atoms with E-state index in [1.54, 1.807) is 24.5 Å². The summed E-state index contributed by atoms with van der Waals surface area (Å²) in [4.78, 5) is 24.1. The lowest BCUT2D eigenvalue weighted by Crippen LogP contribution is -2.21. The largest absolute Gasteiger partial charge is 0.321 e. The molecule has 1 aromatic carbocycles. The molecule has 6 heterocycles. The molecule has 0 unspecified atom stereocenters. The van der Waals surface area contributed by atoms with Crippen LogP contribution in [-0.2, 0) is 23.1 Å². The third kappa shape index (κ3) is 5.74. The van der Waals surface area contributed by atoms with Crippen LogP contribution in [0, 0.1) is 5.82 Å². The van der Waals surface area contributed by atoms with Crippen LogP contribution in [0.2, 0.25) is 0 Å². The molecular formula is C30H28FN9O2S. The SMILES string of the molecule is CS(=O)(=O)NCc1cc(F)cc(-c2ccnc3[nH]c(-c4n[nH]c5cnc(-c6cncc(CN7CCCC7)c6)cc45)nc23)c1. The third-order valence-corrected chi connectivity index (χ3v) is 8.23. The number of hydrogen-bond donors (Lipinski definition) is 3. The van der Waals surface area contributed by atoms with Crippen LogP contribution in [0.4, 0.5) is 4.39 Å². The van der Waals surface area contributed by atoms with E-state index in [2.05, 4.69) is 45.8 Å². The lowest BCUT2D eigenvalue weighted by molar-refractivity contribution is 0.331. The number of aromatic nitrogens is 7. The zero-order chi connectivity index (χ0) is 29.6. The topological polar surface area (TPSA) is 145 Å². The first kappa shape index (κ1) is 27.3. The summed E-state index contributed by atoms with van der Waals surface area (Å²) in [7, 11) is -3.43. The standard InChI is InChI=1S/C30H28FN9O2S/c1-43(41,42)35-14-18-8-20(11-22(31)10-18)23-4-5-33-29-27(23)36-30(37-29)28-24-12-25(34-16-26(24)38-39-28)21-9-19(13-32-15-21)17-40-6-2-3-7-40/h4-5,8-13,15-16,35H,2-3,6-7,14,17H2,1H3,(H,38,39)(H,33,36,37). The molecule has 0 aliphatic carbocycles. The van der Waals surface area contributed by atoms with Crippen molar-refractivity contribution in [2.24, 2.45) is 0 Å². The minimum atomic E-state index is -3.43. The molecule has 218 valence electrons. The number of pyridine rings is 3. The van der Waals surface area contributed by atoms with E-state index in [4.69, 9.17) is 4.98 Å². The molecule has 5 aromatic heterocycles. The molecule has 11 nitrogen and oxygen atoms in total. The van der Waals surface area contributed by atoms with Crippen LogP contribution in [0.5, 0.6) is 0 Å². The molecule has 3 N–H and O–H groups in total. The van der Waals surface area contributed by atoms with Crippen molar-refractivity contribution >= 4 is 32.1 Å². The average Bonchev–Trinajstić information content (AvgIpc) is 3.75. The van der Waals surface area contributed by atoms with Crippen molar-refractivity contribution in [2.75, 3.05) is 19.3 Å². The average molecular weight is 598 g/mol. The predicted molar refractivity (Wildman–Crippen MR) is 162 cm³/mol. The van der Waals surface area contributed by atoms with Crippen LogP contribution in [0.25, 0.3) is 56.0 Å². The van der Waals surface area contributed by atoms with Crippen molar-refractivity contribution in [3.8, 4) is 33.9 Å². The molecule has 0 saturated carbocycles. The Bertz CT molecular complexity index is 2080. The first-order chi connectivity index (χ1) is 20.8. The van der Waals surface area contributed by atoms with E-state index in [9.17, 15) is 12.8 Å². The smallest absolute Gasteiger partial charge is 0.209 e. The first-order valence-corrected chi connectivity index (χ1v) is 15.8. The molecular weight excluding hydrogens is 569 g/mol. The molecule has 6 aromatic rings. The zero-order valence-corrected chi connectivity index (χ0v) is 24.1. The Balaban J connectivity index is 1.24. The molecule has 13 heteroatoms. The fraction of sp³-hybridized carbons (Fsp3) is 0.233. The fourth-order valence-electron chi connectivity index (χ4n) is 5.55. The number of hydrogen-bond acceptors (Lipinski definition) is 8. The summed E-state index contributed by atoms with van der Waals surface area (Å²) in [6.07, 6.45) is 10.6. The Morgan fingerprint density at radius 1 is 1.00 bits per heavy atom. The quantitative estimate of drug-likeness (QED) is 0.234. The van der Waals surface area contributed by atoms with Crippen molar-refractivity contribution < 1.29 is 12.8 Å². The minimum Gasteiger partial charge on any atom is -0.321 e. The number of halogens is 1. The van der Waals surface area contributed by atoms with Crippen molar-refractivity contribution in [1.29, 1.82) is 0 Å². The Hall–Kier alpha value is -4.59. The van der Waals surface area contributed by atoms with E-state index in [1.807, 2.05) is 18.5 Å². The van der Waals surface area contributed by atoms with Crippen molar-refractivity contribution in [2.45, 2.75) is 25.9 Å². The highest BCUT2D eigenvalue weighted by Crippen LogP contribution is 2.32. The molecule has 0 spiro atoms. The van der Waals surface area contributed by atoms with Crippen LogP contribution in [0.1, 0.15) is 24.0 Å². The van der Waals surface area contributed by atoms with Gasteiger partial charge in [0.25, 0.3) is 0 Å². The Labute approximate surface area is 246 Å². The molecule has 1 fully saturated rings. The Kier molecular flexibility index (Phi) is 6.92. The molecule has 1 aliphatic heterocycles. The van der Waals surface area contributed by atoms with E-state index >= 15 is 0 Å². The van der Waals surface area contributed by atoms with Gasteiger partial charge in [0.1, 0.15) is 17.0 Å². The van der Waals surface area contributed by atoms with Crippen LogP contribution < -0.4 is 4.72 Å². The maximum atomic E-state index is 14.6. The molecule has 7 rings (SSSR count). The monoisotopic (exact) mass is 597 g/mol. The number of benzene rings is 1. The van der Waals surface area contributed by atoms with Crippen molar-refractivity contribution in [3.05, 3.63) is 78.1 Å². The number of H-pyrrole nitrogens is 2. The number of nitrogens with one attached hydrogen (secondary N) is 3. The molecule has 0 amide bonds. The van der Waals surface area contributed by atoms with Crippen LogP contribution in [0.15, 0.2) is 61.2 Å². The minimum absolute atomic E-state index is 0.0318. The van der Waals surface area contributed by atoms with Gasteiger partial charge >= 0.3 is 0 Å². The maximum Gasteiger partial charge on any atom is 0.209 e. The lowest BCUT2D eigenvalue weighted by atomic mass is 10.0. The predicted octanol–water partition coefficient (Wildman–Crippen LogP) is 4.41. The van der Waals surface area contributed by atoms with Crippen LogP contribution in [-0.4, -0.2) is 67.8 Å². The number of imidazole rings is 1. The summed E-state index contributed by atoms with van der Waals surface area (Å²) in [6.45, 7) is 3.06.